The predicted octanol–water partition coefficient (Wildman–Crippen LogP) is 4.82. The highest BCUT2D eigenvalue weighted by atomic mass is 35.5. The molecule has 11 nitrogen and oxygen atoms in total. The number of carbonyl (C=O) groups excluding carboxylic acids is 2. The number of rotatable bonds is 15. The van der Waals surface area contributed by atoms with E-state index < -0.39 is 34.1 Å². The molecule has 3 aromatic rings. The highest BCUT2D eigenvalue weighted by Crippen LogP contribution is 2.32. The number of phenolic OH excluding ortho intramolecular Hbond substituents is 1. The summed E-state index contributed by atoms with van der Waals surface area (Å²) < 4.78 is 29.1. The van der Waals surface area contributed by atoms with E-state index in [4.69, 9.17) is 11.6 Å². The molecule has 0 bridgehead atoms. The van der Waals surface area contributed by atoms with Crippen molar-refractivity contribution in [3.63, 3.8) is 0 Å². The fourth-order valence-electron chi connectivity index (χ4n) is 5.90. The zero-order valence-corrected chi connectivity index (χ0v) is 30.6. The van der Waals surface area contributed by atoms with Crippen molar-refractivity contribution in [2.45, 2.75) is 77.6 Å². The van der Waals surface area contributed by atoms with Gasteiger partial charge in [0, 0.05) is 37.6 Å². The molecule has 4 rings (SSSR count). The second kappa shape index (κ2) is 16.0. The van der Waals surface area contributed by atoms with Crippen molar-refractivity contribution in [3.8, 4) is 5.75 Å². The monoisotopic (exact) mass is 719 g/mol. The summed E-state index contributed by atoms with van der Waals surface area (Å²) in [4.78, 5) is 35.1. The number of aromatic nitrogens is 1. The molecule has 3 N–H and O–H groups in total. The first kappa shape index (κ1) is 37.6. The molecule has 2 heterocycles. The van der Waals surface area contributed by atoms with E-state index >= 15 is 0 Å². The molecule has 1 aromatic heterocycles. The molecule has 48 heavy (non-hydrogen) atoms. The van der Waals surface area contributed by atoms with Crippen LogP contribution in [-0.2, 0) is 27.8 Å². The number of halogens is 1. The van der Waals surface area contributed by atoms with Gasteiger partial charge in [0.05, 0.1) is 34.4 Å². The van der Waals surface area contributed by atoms with E-state index in [1.807, 2.05) is 70.3 Å². The molecule has 0 radical (unpaired) electrons. The number of sulfonamides is 1. The Morgan fingerprint density at radius 3 is 2.40 bits per heavy atom. The van der Waals surface area contributed by atoms with Gasteiger partial charge in [-0.25, -0.2) is 18.2 Å². The molecule has 0 saturated carbocycles. The number of aliphatic hydroxyl groups excluding tert-OH is 1. The topological polar surface area (TPSA) is 143 Å². The predicted molar refractivity (Wildman–Crippen MR) is 188 cm³/mol. The maximum atomic E-state index is 14.1. The number of aryl methyl sites for hydroxylation is 2. The summed E-state index contributed by atoms with van der Waals surface area (Å²) in [7, 11) is -4.22. The summed E-state index contributed by atoms with van der Waals surface area (Å²) in [6.07, 6.45) is -1.11. The average Bonchev–Trinajstić information content (AvgIpc) is 3.58. The third kappa shape index (κ3) is 9.06. The van der Waals surface area contributed by atoms with Crippen molar-refractivity contribution in [2.24, 2.45) is 11.8 Å². The number of carbonyl (C=O) groups is 2. The maximum absolute atomic E-state index is 14.1. The van der Waals surface area contributed by atoms with Crippen LogP contribution < -0.4 is 5.32 Å². The molecule has 262 valence electrons. The van der Waals surface area contributed by atoms with Gasteiger partial charge in [0.1, 0.15) is 16.7 Å². The Bertz CT molecular complexity index is 1680. The lowest BCUT2D eigenvalue weighted by Gasteiger charge is -2.34. The summed E-state index contributed by atoms with van der Waals surface area (Å²) in [6, 6.07) is 9.84. The third-order valence-corrected chi connectivity index (χ3v) is 11.4. The molecule has 3 amide bonds. The smallest absolute Gasteiger partial charge is 0.321 e. The third-order valence-electron chi connectivity index (χ3n) is 8.30. The van der Waals surface area contributed by atoms with Crippen LogP contribution in [0.4, 0.5) is 4.79 Å². The summed E-state index contributed by atoms with van der Waals surface area (Å²) >= 11 is 7.83. The van der Waals surface area contributed by atoms with Crippen molar-refractivity contribution >= 4 is 44.9 Å². The fourth-order valence-corrected chi connectivity index (χ4v) is 8.71. The number of thiazole rings is 1. The van der Waals surface area contributed by atoms with Crippen LogP contribution in [-0.4, -0.2) is 94.0 Å². The molecule has 3 atom stereocenters. The Hall–Kier alpha value is -3.23. The highest BCUT2D eigenvalue weighted by Gasteiger charge is 2.41. The first-order valence-corrected chi connectivity index (χ1v) is 18.8. The molecule has 1 saturated heterocycles. The van der Waals surface area contributed by atoms with Crippen molar-refractivity contribution in [3.05, 3.63) is 74.7 Å². The van der Waals surface area contributed by atoms with Gasteiger partial charge in [0.15, 0.2) is 0 Å². The molecule has 14 heteroatoms. The van der Waals surface area contributed by atoms with Gasteiger partial charge in [-0.2, -0.15) is 4.31 Å². The Labute approximate surface area is 292 Å². The lowest BCUT2D eigenvalue weighted by molar-refractivity contribution is -0.128. The van der Waals surface area contributed by atoms with E-state index in [2.05, 4.69) is 10.3 Å². The largest absolute Gasteiger partial charge is 0.508 e. The van der Waals surface area contributed by atoms with Gasteiger partial charge in [-0.1, -0.05) is 69.6 Å². The lowest BCUT2D eigenvalue weighted by atomic mass is 9.97. The lowest BCUT2D eigenvalue weighted by Crippen LogP contribution is -2.57. The van der Waals surface area contributed by atoms with Crippen LogP contribution >= 0.6 is 22.9 Å². The van der Waals surface area contributed by atoms with E-state index in [-0.39, 0.29) is 53.0 Å². The van der Waals surface area contributed by atoms with E-state index in [0.717, 1.165) is 16.3 Å². The van der Waals surface area contributed by atoms with E-state index in [0.29, 0.717) is 25.2 Å². The number of urea groups is 1. The average molecular weight is 720 g/mol. The van der Waals surface area contributed by atoms with Crippen molar-refractivity contribution < 1.29 is 28.2 Å². The SMILES string of the molecule is Cc1nc(CN2CCN([C@H](C(=O)N[C@@H](Cc3ccccc3)[C@H](O)CN(CC(C)C)S(=O)(=O)c3cc(C)c(O)cc3Cl)C(C)C)C2=O)cs1. The second-order valence-electron chi connectivity index (χ2n) is 13.1. The van der Waals surface area contributed by atoms with Gasteiger partial charge in [0.25, 0.3) is 0 Å². The zero-order valence-electron chi connectivity index (χ0n) is 28.3. The molecule has 1 aliphatic heterocycles. The molecule has 1 fully saturated rings. The van der Waals surface area contributed by atoms with Crippen molar-refractivity contribution in [1.29, 1.82) is 0 Å². The summed E-state index contributed by atoms with van der Waals surface area (Å²) in [5.74, 6) is -0.908. The molecule has 2 aromatic carbocycles. The Morgan fingerprint density at radius 1 is 1.10 bits per heavy atom. The van der Waals surface area contributed by atoms with Gasteiger partial charge >= 0.3 is 6.03 Å². The minimum Gasteiger partial charge on any atom is -0.508 e. The molecule has 0 unspecified atom stereocenters. The number of hydrogen-bond donors (Lipinski definition) is 3. The van der Waals surface area contributed by atoms with Gasteiger partial charge in [-0.15, -0.1) is 11.3 Å². The van der Waals surface area contributed by atoms with Crippen molar-refractivity contribution in [2.75, 3.05) is 26.2 Å². The number of hydrogen-bond acceptors (Lipinski definition) is 8. The number of benzene rings is 2. The quantitative estimate of drug-likeness (QED) is 0.205. The number of aromatic hydroxyl groups is 1. The number of phenols is 1. The first-order chi connectivity index (χ1) is 22.6. The fraction of sp³-hybridized carbons (Fsp3) is 0.500. The van der Waals surface area contributed by atoms with Gasteiger partial charge in [-0.05, 0) is 49.3 Å². The normalized spacial score (nSPS) is 15.9. The van der Waals surface area contributed by atoms with E-state index in [1.165, 1.54) is 27.8 Å². The van der Waals surface area contributed by atoms with E-state index in [1.54, 1.807) is 16.7 Å². The highest BCUT2D eigenvalue weighted by molar-refractivity contribution is 7.89. The second-order valence-corrected chi connectivity index (χ2v) is 16.5. The Balaban J connectivity index is 1.60. The van der Waals surface area contributed by atoms with Crippen LogP contribution in [0, 0.1) is 25.7 Å². The zero-order chi connectivity index (χ0) is 35.3. The van der Waals surface area contributed by atoms with Crippen LogP contribution in [0.5, 0.6) is 5.75 Å². The molecule has 0 aliphatic carbocycles. The van der Waals surface area contributed by atoms with Gasteiger partial charge < -0.3 is 25.3 Å². The van der Waals surface area contributed by atoms with Crippen LogP contribution in [0.25, 0.3) is 0 Å². The maximum Gasteiger partial charge on any atom is 0.321 e. The standard InChI is InChI=1S/C34H46ClN5O6S2/c1-21(2)17-39(48(45,46)31-14-23(5)29(41)16-27(31)35)19-30(42)28(15-25-10-8-7-9-11-25)37-33(43)32(22(3)4)40-13-12-38(34(40)44)18-26-20-47-24(6)36-26/h7-11,14,16,20-22,28,30,32,41-42H,12-13,15,17-19H2,1-6H3,(H,37,43)/t28-,30+,32-/m0/s1. The number of amides is 3. The van der Waals surface area contributed by atoms with E-state index in [9.17, 15) is 28.2 Å². The first-order valence-electron chi connectivity index (χ1n) is 16.1. The van der Waals surface area contributed by atoms with Crippen molar-refractivity contribution in [1.82, 2.24) is 24.4 Å². The van der Waals surface area contributed by atoms with Crippen LogP contribution in [0.15, 0.2) is 52.7 Å². The molecular formula is C34H46ClN5O6S2. The molecule has 0 spiro atoms. The number of nitrogens with zero attached hydrogens (tertiary/aromatic N) is 4. The number of nitrogens with one attached hydrogen (secondary N) is 1. The molecule has 1 aliphatic rings. The summed E-state index contributed by atoms with van der Waals surface area (Å²) in [5, 5.41) is 27.5. The van der Waals surface area contributed by atoms with Crippen LogP contribution in [0.3, 0.4) is 0 Å². The van der Waals surface area contributed by atoms with Gasteiger partial charge in [0.2, 0.25) is 15.9 Å². The summed E-state index contributed by atoms with van der Waals surface area (Å²) in [6.45, 7) is 11.9. The summed E-state index contributed by atoms with van der Waals surface area (Å²) in [5.41, 5.74) is 1.98. The molecular weight excluding hydrogens is 674 g/mol. The Kier molecular flexibility index (Phi) is 12.5. The minimum atomic E-state index is -4.22. The van der Waals surface area contributed by atoms with Crippen LogP contribution in [0.1, 0.15) is 49.5 Å². The minimum absolute atomic E-state index is 0.0763. The van der Waals surface area contributed by atoms with Crippen LogP contribution in [0.2, 0.25) is 5.02 Å². The Morgan fingerprint density at radius 2 is 1.79 bits per heavy atom. The number of aliphatic hydroxyl groups is 1. The van der Waals surface area contributed by atoms with Gasteiger partial charge in [-0.3, -0.25) is 4.79 Å².